The topological polar surface area (TPSA) is 98.4 Å². The van der Waals surface area contributed by atoms with Crippen LogP contribution in [0.4, 0.5) is 4.79 Å². The molecule has 2 aliphatic heterocycles. The monoisotopic (exact) mass is 369 g/mol. The number of piperidine rings is 1. The second-order valence-electron chi connectivity index (χ2n) is 7.71. The van der Waals surface area contributed by atoms with E-state index in [4.69, 9.17) is 0 Å². The van der Waals surface area contributed by atoms with Crippen molar-refractivity contribution in [3.8, 4) is 0 Å². The second kappa shape index (κ2) is 6.37. The Morgan fingerprint density at radius 1 is 1.22 bits per heavy atom. The number of carbonyl (C=O) groups is 3. The molecule has 4 rings (SSSR count). The van der Waals surface area contributed by atoms with E-state index in [0.29, 0.717) is 38.2 Å². The Kier molecular flexibility index (Phi) is 4.13. The molecular formula is C19H23N5O3. The molecule has 142 valence electrons. The first-order valence-corrected chi connectivity index (χ1v) is 9.28. The Labute approximate surface area is 156 Å². The molecular weight excluding hydrogens is 346 g/mol. The molecule has 1 aromatic carbocycles. The van der Waals surface area contributed by atoms with Gasteiger partial charge in [0.2, 0.25) is 0 Å². The van der Waals surface area contributed by atoms with Gasteiger partial charge in [-0.2, -0.15) is 5.10 Å². The number of hydrogen-bond donors (Lipinski definition) is 2. The minimum Gasteiger partial charge on any atom is -0.337 e. The summed E-state index contributed by atoms with van der Waals surface area (Å²) in [5.41, 5.74) is 0.372. The van der Waals surface area contributed by atoms with Gasteiger partial charge in [-0.05, 0) is 24.8 Å². The molecule has 2 saturated heterocycles. The summed E-state index contributed by atoms with van der Waals surface area (Å²) in [7, 11) is 0. The predicted molar refractivity (Wildman–Crippen MR) is 99.0 cm³/mol. The van der Waals surface area contributed by atoms with Crippen LogP contribution in [0.5, 0.6) is 0 Å². The quantitative estimate of drug-likeness (QED) is 0.805. The molecule has 4 amide bonds. The van der Waals surface area contributed by atoms with Gasteiger partial charge in [-0.3, -0.25) is 20.0 Å². The van der Waals surface area contributed by atoms with Crippen LogP contribution in [0.1, 0.15) is 37.2 Å². The number of H-pyrrole nitrogens is 1. The smallest absolute Gasteiger partial charge is 0.325 e. The fourth-order valence-electron chi connectivity index (χ4n) is 4.07. The zero-order valence-electron chi connectivity index (χ0n) is 15.5. The molecule has 0 atom stereocenters. The SMILES string of the molecule is CC(C)CN1C(=O)NC(=O)C12CCN(C(=O)c1n[nH]c3ccccc13)CC2. The van der Waals surface area contributed by atoms with E-state index in [2.05, 4.69) is 15.5 Å². The number of urea groups is 1. The van der Waals surface area contributed by atoms with Crippen LogP contribution in [0.15, 0.2) is 24.3 Å². The number of aromatic amines is 1. The number of likely N-dealkylation sites (tertiary alicyclic amines) is 1. The van der Waals surface area contributed by atoms with Crippen molar-refractivity contribution in [3.05, 3.63) is 30.0 Å². The van der Waals surface area contributed by atoms with E-state index in [-0.39, 0.29) is 23.8 Å². The van der Waals surface area contributed by atoms with Gasteiger partial charge in [0.05, 0.1) is 5.52 Å². The van der Waals surface area contributed by atoms with Crippen LogP contribution < -0.4 is 5.32 Å². The molecule has 0 bridgehead atoms. The van der Waals surface area contributed by atoms with Crippen molar-refractivity contribution in [1.29, 1.82) is 0 Å². The van der Waals surface area contributed by atoms with Crippen LogP contribution >= 0.6 is 0 Å². The van der Waals surface area contributed by atoms with E-state index >= 15 is 0 Å². The number of hydrogen-bond acceptors (Lipinski definition) is 4. The molecule has 8 heteroatoms. The number of nitrogens with zero attached hydrogens (tertiary/aromatic N) is 3. The van der Waals surface area contributed by atoms with Crippen LogP contribution in [-0.4, -0.2) is 63.0 Å². The third kappa shape index (κ3) is 2.75. The Bertz CT molecular complexity index is 911. The highest BCUT2D eigenvalue weighted by Gasteiger charge is 2.54. The molecule has 0 unspecified atom stereocenters. The molecule has 27 heavy (non-hydrogen) atoms. The minimum atomic E-state index is -0.841. The van der Waals surface area contributed by atoms with Gasteiger partial charge >= 0.3 is 6.03 Å². The second-order valence-corrected chi connectivity index (χ2v) is 7.71. The highest BCUT2D eigenvalue weighted by Crippen LogP contribution is 2.34. The lowest BCUT2D eigenvalue weighted by Gasteiger charge is -2.42. The van der Waals surface area contributed by atoms with Crippen molar-refractivity contribution in [2.24, 2.45) is 5.92 Å². The lowest BCUT2D eigenvalue weighted by atomic mass is 9.85. The van der Waals surface area contributed by atoms with Crippen molar-refractivity contribution in [3.63, 3.8) is 0 Å². The molecule has 2 fully saturated rings. The summed E-state index contributed by atoms with van der Waals surface area (Å²) in [5.74, 6) is -0.137. The minimum absolute atomic E-state index is 0.151. The Balaban J connectivity index is 1.53. The van der Waals surface area contributed by atoms with Crippen LogP contribution in [0.2, 0.25) is 0 Å². The summed E-state index contributed by atoms with van der Waals surface area (Å²) in [6.45, 7) is 5.39. The highest BCUT2D eigenvalue weighted by atomic mass is 16.2. The third-order valence-corrected chi connectivity index (χ3v) is 5.50. The third-order valence-electron chi connectivity index (χ3n) is 5.50. The van der Waals surface area contributed by atoms with Crippen LogP contribution in [0.25, 0.3) is 10.9 Å². The summed E-state index contributed by atoms with van der Waals surface area (Å²) < 4.78 is 0. The molecule has 2 N–H and O–H groups in total. The van der Waals surface area contributed by atoms with E-state index < -0.39 is 5.54 Å². The average Bonchev–Trinajstić information content (AvgIpc) is 3.17. The number of fused-ring (bicyclic) bond motifs is 1. The van der Waals surface area contributed by atoms with Crippen molar-refractivity contribution in [1.82, 2.24) is 25.3 Å². The zero-order chi connectivity index (χ0) is 19.2. The maximum Gasteiger partial charge on any atom is 0.325 e. The van der Waals surface area contributed by atoms with Crippen molar-refractivity contribution >= 4 is 28.7 Å². The fourth-order valence-corrected chi connectivity index (χ4v) is 4.07. The Morgan fingerprint density at radius 2 is 1.93 bits per heavy atom. The number of para-hydroxylation sites is 1. The largest absolute Gasteiger partial charge is 0.337 e. The van der Waals surface area contributed by atoms with Crippen molar-refractivity contribution in [2.45, 2.75) is 32.2 Å². The maximum atomic E-state index is 12.9. The average molecular weight is 369 g/mol. The molecule has 0 radical (unpaired) electrons. The van der Waals surface area contributed by atoms with Gasteiger partial charge in [0.1, 0.15) is 5.54 Å². The van der Waals surface area contributed by atoms with Crippen molar-refractivity contribution in [2.75, 3.05) is 19.6 Å². The standard InChI is InChI=1S/C19H23N5O3/c1-12(2)11-24-18(27)20-17(26)19(24)7-9-23(10-8-19)16(25)15-13-5-3-4-6-14(13)21-22-15/h3-6,12H,7-11H2,1-2H3,(H,21,22)(H,20,26,27). The van der Waals surface area contributed by atoms with Gasteiger partial charge in [-0.15, -0.1) is 0 Å². The number of rotatable bonds is 3. The van der Waals surface area contributed by atoms with E-state index in [9.17, 15) is 14.4 Å². The number of imide groups is 1. The number of amides is 4. The summed E-state index contributed by atoms with van der Waals surface area (Å²) >= 11 is 0. The lowest BCUT2D eigenvalue weighted by Crippen LogP contribution is -2.58. The predicted octanol–water partition coefficient (Wildman–Crippen LogP) is 1.75. The molecule has 8 nitrogen and oxygen atoms in total. The summed E-state index contributed by atoms with van der Waals surface area (Å²) in [5, 5.41) is 10.3. The summed E-state index contributed by atoms with van der Waals surface area (Å²) in [4.78, 5) is 41.1. The molecule has 2 aromatic rings. The zero-order valence-corrected chi connectivity index (χ0v) is 15.5. The normalized spacial score (nSPS) is 19.4. The Morgan fingerprint density at radius 3 is 2.63 bits per heavy atom. The molecule has 2 aliphatic rings. The van der Waals surface area contributed by atoms with Gasteiger partial charge in [-0.25, -0.2) is 4.79 Å². The van der Waals surface area contributed by atoms with E-state index in [0.717, 1.165) is 10.9 Å². The first kappa shape index (κ1) is 17.5. The summed E-state index contributed by atoms with van der Waals surface area (Å²) in [6.07, 6.45) is 0.872. The van der Waals surface area contributed by atoms with Crippen LogP contribution in [0.3, 0.4) is 0 Å². The fraction of sp³-hybridized carbons (Fsp3) is 0.474. The number of nitrogens with one attached hydrogen (secondary N) is 2. The molecule has 0 saturated carbocycles. The van der Waals surface area contributed by atoms with Gasteiger partial charge < -0.3 is 9.80 Å². The van der Waals surface area contributed by atoms with Gasteiger partial charge in [0.15, 0.2) is 5.69 Å². The Hall–Kier alpha value is -2.90. The van der Waals surface area contributed by atoms with Gasteiger partial charge in [-0.1, -0.05) is 32.0 Å². The lowest BCUT2D eigenvalue weighted by molar-refractivity contribution is -0.129. The van der Waals surface area contributed by atoms with Gasteiger partial charge in [0, 0.05) is 25.0 Å². The van der Waals surface area contributed by atoms with Crippen LogP contribution in [-0.2, 0) is 4.79 Å². The molecule has 1 aromatic heterocycles. The number of aromatic nitrogens is 2. The first-order valence-electron chi connectivity index (χ1n) is 9.28. The van der Waals surface area contributed by atoms with Crippen molar-refractivity contribution < 1.29 is 14.4 Å². The molecule has 3 heterocycles. The highest BCUT2D eigenvalue weighted by molar-refractivity contribution is 6.08. The summed E-state index contributed by atoms with van der Waals surface area (Å²) in [6, 6.07) is 7.18. The van der Waals surface area contributed by atoms with Gasteiger partial charge in [0.25, 0.3) is 11.8 Å². The van der Waals surface area contributed by atoms with Crippen LogP contribution in [0, 0.1) is 5.92 Å². The molecule has 1 spiro atoms. The number of benzene rings is 1. The van der Waals surface area contributed by atoms with E-state index in [1.807, 2.05) is 38.1 Å². The maximum absolute atomic E-state index is 12.9. The molecule has 0 aliphatic carbocycles. The first-order chi connectivity index (χ1) is 12.9. The van der Waals surface area contributed by atoms with E-state index in [1.54, 1.807) is 9.80 Å². The number of carbonyl (C=O) groups excluding carboxylic acids is 3. The van der Waals surface area contributed by atoms with E-state index in [1.165, 1.54) is 0 Å².